The van der Waals surface area contributed by atoms with Crippen molar-refractivity contribution in [3.63, 3.8) is 0 Å². The van der Waals surface area contributed by atoms with Crippen molar-refractivity contribution < 1.29 is 4.79 Å². The van der Waals surface area contributed by atoms with Crippen LogP contribution in [-0.4, -0.2) is 37.0 Å². The number of carbonyl (C=O) groups is 1. The fraction of sp³-hybridized carbons (Fsp3) is 0.348. The Morgan fingerprint density at radius 3 is 1.96 bits per heavy atom. The fourth-order valence-electron chi connectivity index (χ4n) is 2.88. The van der Waals surface area contributed by atoms with Crippen LogP contribution in [0.3, 0.4) is 0 Å². The van der Waals surface area contributed by atoms with E-state index in [4.69, 9.17) is 0 Å². The van der Waals surface area contributed by atoms with Gasteiger partial charge >= 0.3 is 0 Å². The van der Waals surface area contributed by atoms with Crippen LogP contribution in [0.15, 0.2) is 60.7 Å². The Bertz CT molecular complexity index is 673. The van der Waals surface area contributed by atoms with Crippen LogP contribution < -0.4 is 5.32 Å². The maximum Gasteiger partial charge on any atom is 0.221 e. The van der Waals surface area contributed by atoms with Crippen LogP contribution in [0, 0.1) is 11.8 Å². The summed E-state index contributed by atoms with van der Waals surface area (Å²) in [7, 11) is 0. The molecule has 0 aliphatic heterocycles. The monoisotopic (exact) mass is 348 g/mol. The van der Waals surface area contributed by atoms with Crippen LogP contribution in [0.2, 0.25) is 0 Å². The third-order valence-corrected chi connectivity index (χ3v) is 4.49. The van der Waals surface area contributed by atoms with E-state index in [1.54, 1.807) is 0 Å². The smallest absolute Gasteiger partial charge is 0.221 e. The molecule has 0 spiro atoms. The van der Waals surface area contributed by atoms with Crippen molar-refractivity contribution in [3.8, 4) is 11.8 Å². The molecular formula is C23H28N2O. The molecule has 2 rings (SSSR count). The lowest BCUT2D eigenvalue weighted by Gasteiger charge is -2.17. The predicted octanol–water partition coefficient (Wildman–Crippen LogP) is 3.67. The van der Waals surface area contributed by atoms with Gasteiger partial charge in [-0.05, 0) is 24.2 Å². The van der Waals surface area contributed by atoms with E-state index in [2.05, 4.69) is 60.2 Å². The summed E-state index contributed by atoms with van der Waals surface area (Å²) >= 11 is 0. The molecule has 1 N–H and O–H groups in total. The Balaban J connectivity index is 1.94. The first-order chi connectivity index (χ1) is 12.7. The van der Waals surface area contributed by atoms with Gasteiger partial charge < -0.3 is 5.32 Å². The van der Waals surface area contributed by atoms with Crippen molar-refractivity contribution in [2.75, 3.05) is 26.2 Å². The van der Waals surface area contributed by atoms with Crippen molar-refractivity contribution in [2.45, 2.75) is 26.2 Å². The van der Waals surface area contributed by atoms with Gasteiger partial charge in [0.2, 0.25) is 5.91 Å². The molecule has 0 radical (unpaired) electrons. The number of nitrogens with one attached hydrogen (secondary N) is 1. The van der Waals surface area contributed by atoms with E-state index >= 15 is 0 Å². The van der Waals surface area contributed by atoms with Gasteiger partial charge in [0, 0.05) is 12.3 Å². The third kappa shape index (κ3) is 6.38. The second-order valence-corrected chi connectivity index (χ2v) is 6.17. The van der Waals surface area contributed by atoms with Crippen LogP contribution in [0.25, 0.3) is 0 Å². The van der Waals surface area contributed by atoms with Gasteiger partial charge in [0.25, 0.3) is 0 Å². The average molecular weight is 348 g/mol. The summed E-state index contributed by atoms with van der Waals surface area (Å²) in [6, 6.07) is 20.4. The Kier molecular flexibility index (Phi) is 8.45. The summed E-state index contributed by atoms with van der Waals surface area (Å²) in [4.78, 5) is 14.7. The highest BCUT2D eigenvalue weighted by Crippen LogP contribution is 2.27. The Hall–Kier alpha value is -2.57. The van der Waals surface area contributed by atoms with Crippen LogP contribution >= 0.6 is 0 Å². The summed E-state index contributed by atoms with van der Waals surface area (Å²) in [5, 5.41) is 2.93. The summed E-state index contributed by atoms with van der Waals surface area (Å²) in [6.45, 7) is 7.39. The first-order valence-electron chi connectivity index (χ1n) is 9.29. The molecule has 0 unspecified atom stereocenters. The van der Waals surface area contributed by atoms with Gasteiger partial charge in [-0.15, -0.1) is 0 Å². The summed E-state index contributed by atoms with van der Waals surface area (Å²) in [6.07, 6.45) is 0.422. The highest BCUT2D eigenvalue weighted by atomic mass is 16.1. The minimum Gasteiger partial charge on any atom is -0.345 e. The lowest BCUT2D eigenvalue weighted by molar-refractivity contribution is -0.121. The van der Waals surface area contributed by atoms with Crippen molar-refractivity contribution in [1.82, 2.24) is 10.2 Å². The second kappa shape index (κ2) is 11.1. The largest absolute Gasteiger partial charge is 0.345 e. The standard InChI is InChI=1S/C23H28N2O/c1-3-25(4-2)18-12-11-17-24-23(26)19-22(20-13-7-5-8-14-20)21-15-9-6-10-16-21/h5-10,13-16,22H,3-4,17-19H2,1-2H3,(H,24,26). The minimum absolute atomic E-state index is 0.0276. The molecule has 0 atom stereocenters. The maximum absolute atomic E-state index is 12.4. The van der Waals surface area contributed by atoms with Crippen LogP contribution in [0.1, 0.15) is 37.3 Å². The second-order valence-electron chi connectivity index (χ2n) is 6.17. The van der Waals surface area contributed by atoms with Crippen molar-refractivity contribution in [1.29, 1.82) is 0 Å². The normalized spacial score (nSPS) is 10.5. The Labute approximate surface area is 157 Å². The number of hydrogen-bond donors (Lipinski definition) is 1. The predicted molar refractivity (Wildman–Crippen MR) is 108 cm³/mol. The van der Waals surface area contributed by atoms with Gasteiger partial charge in [0.05, 0.1) is 13.1 Å². The lowest BCUT2D eigenvalue weighted by atomic mass is 9.88. The van der Waals surface area contributed by atoms with E-state index in [1.165, 1.54) is 0 Å². The molecule has 1 amide bonds. The van der Waals surface area contributed by atoms with Gasteiger partial charge in [-0.3, -0.25) is 9.69 Å². The minimum atomic E-state index is 0.0276. The van der Waals surface area contributed by atoms with Crippen molar-refractivity contribution in [2.24, 2.45) is 0 Å². The Morgan fingerprint density at radius 1 is 0.923 bits per heavy atom. The molecule has 0 saturated heterocycles. The molecule has 3 heteroatoms. The molecule has 136 valence electrons. The maximum atomic E-state index is 12.4. The zero-order valence-corrected chi connectivity index (χ0v) is 15.7. The highest BCUT2D eigenvalue weighted by molar-refractivity contribution is 5.77. The number of amides is 1. The molecule has 26 heavy (non-hydrogen) atoms. The first kappa shape index (κ1) is 19.8. The number of carbonyl (C=O) groups excluding carboxylic acids is 1. The van der Waals surface area contributed by atoms with Gasteiger partial charge in [-0.2, -0.15) is 0 Å². The number of nitrogens with zero attached hydrogens (tertiary/aromatic N) is 1. The molecule has 2 aromatic carbocycles. The molecule has 0 aliphatic carbocycles. The summed E-state index contributed by atoms with van der Waals surface area (Å²) < 4.78 is 0. The van der Waals surface area contributed by atoms with E-state index < -0.39 is 0 Å². The molecule has 3 nitrogen and oxygen atoms in total. The van der Waals surface area contributed by atoms with Gasteiger partial charge in [0.15, 0.2) is 0 Å². The molecular weight excluding hydrogens is 320 g/mol. The third-order valence-electron chi connectivity index (χ3n) is 4.49. The van der Waals surface area contributed by atoms with E-state index in [9.17, 15) is 4.79 Å². The zero-order chi connectivity index (χ0) is 18.6. The van der Waals surface area contributed by atoms with E-state index in [0.29, 0.717) is 13.0 Å². The highest BCUT2D eigenvalue weighted by Gasteiger charge is 2.17. The molecule has 0 saturated carbocycles. The molecule has 0 heterocycles. The van der Waals surface area contributed by atoms with Crippen molar-refractivity contribution in [3.05, 3.63) is 71.8 Å². The van der Waals surface area contributed by atoms with Crippen LogP contribution in [0.5, 0.6) is 0 Å². The number of benzene rings is 2. The molecule has 0 aromatic heterocycles. The van der Waals surface area contributed by atoms with Crippen LogP contribution in [-0.2, 0) is 4.79 Å². The Morgan fingerprint density at radius 2 is 1.46 bits per heavy atom. The molecule has 0 aliphatic rings. The van der Waals surface area contributed by atoms with Crippen LogP contribution in [0.4, 0.5) is 0 Å². The van der Waals surface area contributed by atoms with Gasteiger partial charge in [-0.25, -0.2) is 0 Å². The zero-order valence-electron chi connectivity index (χ0n) is 15.7. The van der Waals surface area contributed by atoms with Gasteiger partial charge in [-0.1, -0.05) is 86.4 Å². The van der Waals surface area contributed by atoms with E-state index in [1.807, 2.05) is 36.4 Å². The molecule has 0 fully saturated rings. The topological polar surface area (TPSA) is 32.3 Å². The lowest BCUT2D eigenvalue weighted by Crippen LogP contribution is -2.26. The summed E-state index contributed by atoms with van der Waals surface area (Å²) in [5.74, 6) is 6.25. The fourth-order valence-corrected chi connectivity index (χ4v) is 2.88. The molecule has 2 aromatic rings. The van der Waals surface area contributed by atoms with E-state index in [-0.39, 0.29) is 11.8 Å². The number of hydrogen-bond acceptors (Lipinski definition) is 2. The average Bonchev–Trinajstić information content (AvgIpc) is 2.70. The molecule has 0 bridgehead atoms. The van der Waals surface area contributed by atoms with Gasteiger partial charge in [0.1, 0.15) is 0 Å². The summed E-state index contributed by atoms with van der Waals surface area (Å²) in [5.41, 5.74) is 2.31. The van der Waals surface area contributed by atoms with E-state index in [0.717, 1.165) is 30.8 Å². The van der Waals surface area contributed by atoms with Crippen molar-refractivity contribution >= 4 is 5.91 Å². The quantitative estimate of drug-likeness (QED) is 0.738. The number of rotatable bonds is 8. The first-order valence-corrected chi connectivity index (χ1v) is 9.29. The SMILES string of the molecule is CCN(CC)CC#CCNC(=O)CC(c1ccccc1)c1ccccc1.